The largest absolute Gasteiger partial charge is 0.504 e. The third kappa shape index (κ3) is 2.91. The van der Waals surface area contributed by atoms with E-state index in [0.717, 1.165) is 5.56 Å². The van der Waals surface area contributed by atoms with Gasteiger partial charge in [-0.05, 0) is 37.0 Å². The quantitative estimate of drug-likeness (QED) is 0.833. The van der Waals surface area contributed by atoms with Crippen LogP contribution in [0.25, 0.3) is 0 Å². The molecule has 1 aromatic rings. The van der Waals surface area contributed by atoms with Crippen LogP contribution in [0.1, 0.15) is 45.7 Å². The van der Waals surface area contributed by atoms with Crippen molar-refractivity contribution in [1.29, 1.82) is 0 Å². The summed E-state index contributed by atoms with van der Waals surface area (Å²) >= 11 is 0. The van der Waals surface area contributed by atoms with Gasteiger partial charge in [-0.1, -0.05) is 20.8 Å². The molecule has 0 saturated heterocycles. The van der Waals surface area contributed by atoms with Crippen LogP contribution in [0, 0.1) is 0 Å². The van der Waals surface area contributed by atoms with Gasteiger partial charge >= 0.3 is 0 Å². The summed E-state index contributed by atoms with van der Waals surface area (Å²) in [6, 6.07) is 3.64. The summed E-state index contributed by atoms with van der Waals surface area (Å²) in [6.07, 6.45) is 0. The molecule has 0 radical (unpaired) electrons. The van der Waals surface area contributed by atoms with Crippen LogP contribution in [0.5, 0.6) is 11.5 Å². The summed E-state index contributed by atoms with van der Waals surface area (Å²) in [4.78, 5) is 0. The first-order valence-corrected chi connectivity index (χ1v) is 5.71. The molecule has 3 nitrogen and oxygen atoms in total. The normalized spacial score (nSPS) is 12.6. The SMILES string of the molecule is COc1cc(C(C)(C)C)cc(C(C)(C)O)c1O. The zero-order valence-corrected chi connectivity index (χ0v) is 11.5. The number of ether oxygens (including phenoxy) is 1. The summed E-state index contributed by atoms with van der Waals surface area (Å²) in [5.74, 6) is 0.405. The molecule has 1 aromatic carbocycles. The van der Waals surface area contributed by atoms with Gasteiger partial charge in [0.25, 0.3) is 0 Å². The molecule has 0 saturated carbocycles. The van der Waals surface area contributed by atoms with Crippen molar-refractivity contribution in [1.82, 2.24) is 0 Å². The van der Waals surface area contributed by atoms with Crippen LogP contribution in [0.15, 0.2) is 12.1 Å². The van der Waals surface area contributed by atoms with Gasteiger partial charge in [0.15, 0.2) is 11.5 Å². The van der Waals surface area contributed by atoms with Gasteiger partial charge in [-0.3, -0.25) is 0 Å². The summed E-state index contributed by atoms with van der Waals surface area (Å²) < 4.78 is 5.16. The molecule has 0 heterocycles. The van der Waals surface area contributed by atoms with Crippen molar-refractivity contribution >= 4 is 0 Å². The molecule has 0 spiro atoms. The van der Waals surface area contributed by atoms with Crippen LogP contribution in [-0.2, 0) is 11.0 Å². The zero-order valence-electron chi connectivity index (χ0n) is 11.5. The van der Waals surface area contributed by atoms with Gasteiger partial charge in [0.05, 0.1) is 12.7 Å². The van der Waals surface area contributed by atoms with Crippen molar-refractivity contribution in [2.75, 3.05) is 7.11 Å². The lowest BCUT2D eigenvalue weighted by Gasteiger charge is -2.26. The molecular weight excluding hydrogens is 216 g/mol. The van der Waals surface area contributed by atoms with E-state index in [1.807, 2.05) is 12.1 Å². The lowest BCUT2D eigenvalue weighted by Crippen LogP contribution is -2.19. The van der Waals surface area contributed by atoms with Gasteiger partial charge < -0.3 is 14.9 Å². The van der Waals surface area contributed by atoms with Gasteiger partial charge in [0.1, 0.15) is 0 Å². The fraction of sp³-hybridized carbons (Fsp3) is 0.571. The smallest absolute Gasteiger partial charge is 0.163 e. The number of rotatable bonds is 2. The van der Waals surface area contributed by atoms with E-state index in [-0.39, 0.29) is 11.2 Å². The Balaban J connectivity index is 3.50. The molecule has 2 N–H and O–H groups in total. The Hall–Kier alpha value is -1.22. The average Bonchev–Trinajstić information content (AvgIpc) is 2.14. The van der Waals surface area contributed by atoms with Crippen molar-refractivity contribution in [2.45, 2.75) is 45.6 Å². The Morgan fingerprint density at radius 2 is 1.59 bits per heavy atom. The minimum Gasteiger partial charge on any atom is -0.504 e. The minimum absolute atomic E-state index is 0.00741. The highest BCUT2D eigenvalue weighted by molar-refractivity contribution is 5.52. The molecule has 3 heteroatoms. The third-order valence-electron chi connectivity index (χ3n) is 2.82. The van der Waals surface area contributed by atoms with E-state index in [0.29, 0.717) is 11.3 Å². The van der Waals surface area contributed by atoms with Crippen LogP contribution in [0.2, 0.25) is 0 Å². The number of hydrogen-bond acceptors (Lipinski definition) is 3. The summed E-state index contributed by atoms with van der Waals surface area (Å²) in [5, 5.41) is 20.1. The van der Waals surface area contributed by atoms with Crippen molar-refractivity contribution in [3.8, 4) is 11.5 Å². The monoisotopic (exact) mass is 238 g/mol. The molecular formula is C14H22O3. The molecule has 0 amide bonds. The van der Waals surface area contributed by atoms with E-state index in [2.05, 4.69) is 20.8 Å². The first-order chi connectivity index (χ1) is 7.57. The number of hydrogen-bond donors (Lipinski definition) is 2. The number of methoxy groups -OCH3 is 1. The number of benzene rings is 1. The zero-order chi connectivity index (χ0) is 13.4. The molecule has 0 aliphatic heterocycles. The standard InChI is InChI=1S/C14H22O3/c1-13(2,3)9-7-10(14(4,5)16)12(15)11(8-9)17-6/h7-8,15-16H,1-6H3. The molecule has 0 atom stereocenters. The van der Waals surface area contributed by atoms with Crippen molar-refractivity contribution in [3.05, 3.63) is 23.3 Å². The van der Waals surface area contributed by atoms with E-state index in [1.165, 1.54) is 7.11 Å². The Morgan fingerprint density at radius 3 is 1.94 bits per heavy atom. The highest BCUT2D eigenvalue weighted by Crippen LogP contribution is 2.40. The summed E-state index contributed by atoms with van der Waals surface area (Å²) in [7, 11) is 1.51. The van der Waals surface area contributed by atoms with E-state index < -0.39 is 5.60 Å². The molecule has 0 aromatic heterocycles. The Kier molecular flexibility index (Phi) is 3.44. The molecule has 0 unspecified atom stereocenters. The van der Waals surface area contributed by atoms with E-state index in [9.17, 15) is 10.2 Å². The molecule has 96 valence electrons. The van der Waals surface area contributed by atoms with E-state index in [1.54, 1.807) is 13.8 Å². The van der Waals surface area contributed by atoms with E-state index in [4.69, 9.17) is 4.74 Å². The van der Waals surface area contributed by atoms with Gasteiger partial charge in [-0.25, -0.2) is 0 Å². The second-order valence-electron chi connectivity index (χ2n) is 5.88. The number of phenols is 1. The third-order valence-corrected chi connectivity index (χ3v) is 2.82. The molecule has 1 rings (SSSR count). The number of phenolic OH excluding ortho intramolecular Hbond substituents is 1. The first-order valence-electron chi connectivity index (χ1n) is 5.71. The van der Waals surface area contributed by atoms with Crippen molar-refractivity contribution < 1.29 is 14.9 Å². The minimum atomic E-state index is -1.10. The van der Waals surface area contributed by atoms with Crippen molar-refractivity contribution in [2.24, 2.45) is 0 Å². The lowest BCUT2D eigenvalue weighted by atomic mass is 9.83. The van der Waals surface area contributed by atoms with Crippen LogP contribution in [0.4, 0.5) is 0 Å². The average molecular weight is 238 g/mol. The van der Waals surface area contributed by atoms with Crippen LogP contribution in [0.3, 0.4) is 0 Å². The topological polar surface area (TPSA) is 49.7 Å². The molecule has 17 heavy (non-hydrogen) atoms. The Bertz CT molecular complexity index is 409. The van der Waals surface area contributed by atoms with E-state index >= 15 is 0 Å². The summed E-state index contributed by atoms with van der Waals surface area (Å²) in [5.41, 5.74) is 0.339. The first kappa shape index (κ1) is 13.8. The van der Waals surface area contributed by atoms with Gasteiger partial charge in [-0.2, -0.15) is 0 Å². The number of aromatic hydroxyl groups is 1. The molecule has 0 aliphatic rings. The maximum absolute atomic E-state index is 10.1. The highest BCUT2D eigenvalue weighted by Gasteiger charge is 2.26. The number of aliphatic hydroxyl groups is 1. The Labute approximate surface area is 103 Å². The highest BCUT2D eigenvalue weighted by atomic mass is 16.5. The predicted molar refractivity (Wildman–Crippen MR) is 68.6 cm³/mol. The second kappa shape index (κ2) is 4.22. The maximum atomic E-state index is 10.1. The van der Waals surface area contributed by atoms with Crippen LogP contribution < -0.4 is 4.74 Å². The summed E-state index contributed by atoms with van der Waals surface area (Å²) in [6.45, 7) is 9.52. The fourth-order valence-electron chi connectivity index (χ4n) is 1.66. The lowest BCUT2D eigenvalue weighted by molar-refractivity contribution is 0.0751. The van der Waals surface area contributed by atoms with Crippen molar-refractivity contribution in [3.63, 3.8) is 0 Å². The molecule has 0 aliphatic carbocycles. The molecule has 0 fully saturated rings. The predicted octanol–water partition coefficient (Wildman–Crippen LogP) is 2.93. The van der Waals surface area contributed by atoms with Crippen LogP contribution in [-0.4, -0.2) is 17.3 Å². The maximum Gasteiger partial charge on any atom is 0.163 e. The van der Waals surface area contributed by atoms with Gasteiger partial charge in [-0.15, -0.1) is 0 Å². The molecule has 0 bridgehead atoms. The van der Waals surface area contributed by atoms with Gasteiger partial charge in [0, 0.05) is 5.56 Å². The van der Waals surface area contributed by atoms with Crippen LogP contribution >= 0.6 is 0 Å². The Morgan fingerprint density at radius 1 is 1.06 bits per heavy atom. The second-order valence-corrected chi connectivity index (χ2v) is 5.88. The van der Waals surface area contributed by atoms with Gasteiger partial charge in [0.2, 0.25) is 0 Å². The fourth-order valence-corrected chi connectivity index (χ4v) is 1.66.